The Morgan fingerprint density at radius 2 is 1.66 bits per heavy atom. The van der Waals surface area contributed by atoms with Crippen molar-refractivity contribution >= 4 is 23.3 Å². The van der Waals surface area contributed by atoms with E-state index in [-0.39, 0.29) is 28.8 Å². The molecule has 154 valence electrons. The first kappa shape index (κ1) is 21.7. The molecule has 0 fully saturated rings. The molecular formula is C20H22N2O7. The maximum Gasteiger partial charge on any atom is 0.338 e. The Morgan fingerprint density at radius 3 is 2.21 bits per heavy atom. The van der Waals surface area contributed by atoms with Crippen molar-refractivity contribution in [3.63, 3.8) is 0 Å². The van der Waals surface area contributed by atoms with E-state index in [1.807, 2.05) is 13.8 Å². The van der Waals surface area contributed by atoms with Crippen molar-refractivity contribution in [1.29, 1.82) is 0 Å². The largest absolute Gasteiger partial charge is 0.496 e. The molecule has 0 spiro atoms. The van der Waals surface area contributed by atoms with Crippen molar-refractivity contribution in [2.75, 3.05) is 12.4 Å². The standard InChI is InChI=1S/C20H22N2O7/c1-12(2)28-15-7-5-14(6-8-15)20(24)29-13(3)19(23)21-17-10-9-16(27-4)11-18(17)22(25)26/h5-13H,1-4H3,(H,21,23)/t13-/m0/s1. The van der Waals surface area contributed by atoms with Gasteiger partial charge in [0.05, 0.1) is 29.8 Å². The molecule has 0 unspecified atom stereocenters. The zero-order chi connectivity index (χ0) is 21.6. The van der Waals surface area contributed by atoms with E-state index in [1.54, 1.807) is 12.1 Å². The second kappa shape index (κ2) is 9.54. The zero-order valence-electron chi connectivity index (χ0n) is 16.5. The Hall–Kier alpha value is -3.62. The number of carbonyl (C=O) groups is 2. The van der Waals surface area contributed by atoms with Gasteiger partial charge in [0.2, 0.25) is 0 Å². The molecule has 9 nitrogen and oxygen atoms in total. The molecule has 0 heterocycles. The predicted octanol–water partition coefficient (Wildman–Crippen LogP) is 3.57. The summed E-state index contributed by atoms with van der Waals surface area (Å²) in [7, 11) is 1.38. The van der Waals surface area contributed by atoms with Gasteiger partial charge in [0.1, 0.15) is 17.2 Å². The van der Waals surface area contributed by atoms with Crippen LogP contribution in [-0.4, -0.2) is 36.1 Å². The summed E-state index contributed by atoms with van der Waals surface area (Å²) in [6, 6.07) is 10.3. The van der Waals surface area contributed by atoms with Crippen LogP contribution in [0.4, 0.5) is 11.4 Å². The molecule has 0 aromatic heterocycles. The fourth-order valence-electron chi connectivity index (χ4n) is 2.35. The van der Waals surface area contributed by atoms with Gasteiger partial charge in [-0.15, -0.1) is 0 Å². The van der Waals surface area contributed by atoms with Gasteiger partial charge in [-0.3, -0.25) is 14.9 Å². The maximum absolute atomic E-state index is 12.3. The minimum Gasteiger partial charge on any atom is -0.496 e. The highest BCUT2D eigenvalue weighted by Gasteiger charge is 2.23. The first-order chi connectivity index (χ1) is 13.7. The number of rotatable bonds is 8. The number of nitrogens with one attached hydrogen (secondary N) is 1. The Kier molecular flexibility index (Phi) is 7.13. The number of nitro groups is 1. The average molecular weight is 402 g/mol. The van der Waals surface area contributed by atoms with E-state index < -0.39 is 22.9 Å². The average Bonchev–Trinajstić information content (AvgIpc) is 2.68. The fourth-order valence-corrected chi connectivity index (χ4v) is 2.35. The number of hydrogen-bond donors (Lipinski definition) is 1. The molecule has 0 saturated carbocycles. The van der Waals surface area contributed by atoms with Crippen LogP contribution in [0.3, 0.4) is 0 Å². The quantitative estimate of drug-likeness (QED) is 0.407. The number of nitro benzene ring substituents is 1. The lowest BCUT2D eigenvalue weighted by Crippen LogP contribution is -2.30. The summed E-state index contributed by atoms with van der Waals surface area (Å²) < 4.78 is 15.6. The van der Waals surface area contributed by atoms with Crippen LogP contribution in [0.5, 0.6) is 11.5 Å². The molecule has 0 aliphatic heterocycles. The van der Waals surface area contributed by atoms with Gasteiger partial charge in [-0.25, -0.2) is 4.79 Å². The first-order valence-corrected chi connectivity index (χ1v) is 8.82. The van der Waals surface area contributed by atoms with Gasteiger partial charge in [-0.05, 0) is 57.2 Å². The number of anilines is 1. The number of ether oxygens (including phenoxy) is 3. The molecule has 29 heavy (non-hydrogen) atoms. The lowest BCUT2D eigenvalue weighted by atomic mass is 10.2. The molecule has 2 aromatic carbocycles. The summed E-state index contributed by atoms with van der Waals surface area (Å²) in [4.78, 5) is 35.1. The van der Waals surface area contributed by atoms with Crippen molar-refractivity contribution in [1.82, 2.24) is 0 Å². The fraction of sp³-hybridized carbons (Fsp3) is 0.300. The summed E-state index contributed by atoms with van der Waals surface area (Å²) >= 11 is 0. The molecule has 0 aliphatic rings. The third-order valence-electron chi connectivity index (χ3n) is 3.77. The monoisotopic (exact) mass is 402 g/mol. The summed E-state index contributed by atoms with van der Waals surface area (Å²) in [5.74, 6) is -0.521. The molecule has 1 N–H and O–H groups in total. The lowest BCUT2D eigenvalue weighted by molar-refractivity contribution is -0.384. The molecule has 1 amide bonds. The van der Waals surface area contributed by atoms with E-state index in [1.165, 1.54) is 44.4 Å². The van der Waals surface area contributed by atoms with E-state index in [4.69, 9.17) is 14.2 Å². The van der Waals surface area contributed by atoms with Crippen LogP contribution < -0.4 is 14.8 Å². The predicted molar refractivity (Wildman–Crippen MR) is 105 cm³/mol. The van der Waals surface area contributed by atoms with Crippen molar-refractivity contribution in [2.45, 2.75) is 33.0 Å². The molecule has 0 saturated heterocycles. The van der Waals surface area contributed by atoms with Gasteiger partial charge in [0, 0.05) is 0 Å². The van der Waals surface area contributed by atoms with Gasteiger partial charge in [-0.2, -0.15) is 0 Å². The van der Waals surface area contributed by atoms with Crippen LogP contribution in [-0.2, 0) is 9.53 Å². The zero-order valence-corrected chi connectivity index (χ0v) is 16.5. The number of esters is 1. The molecule has 0 bridgehead atoms. The smallest absolute Gasteiger partial charge is 0.338 e. The molecule has 1 atom stereocenters. The summed E-state index contributed by atoms with van der Waals surface area (Å²) in [5, 5.41) is 13.6. The van der Waals surface area contributed by atoms with E-state index in [9.17, 15) is 19.7 Å². The number of nitrogens with zero attached hydrogens (tertiary/aromatic N) is 1. The number of carbonyl (C=O) groups excluding carboxylic acids is 2. The van der Waals surface area contributed by atoms with Crippen molar-refractivity contribution in [2.24, 2.45) is 0 Å². The van der Waals surface area contributed by atoms with Gasteiger partial charge < -0.3 is 19.5 Å². The number of methoxy groups -OCH3 is 1. The van der Waals surface area contributed by atoms with E-state index in [0.29, 0.717) is 5.75 Å². The van der Waals surface area contributed by atoms with Crippen LogP contribution in [0.25, 0.3) is 0 Å². The second-order valence-corrected chi connectivity index (χ2v) is 6.37. The summed E-state index contributed by atoms with van der Waals surface area (Å²) in [6.45, 7) is 5.14. The Morgan fingerprint density at radius 1 is 1.03 bits per heavy atom. The van der Waals surface area contributed by atoms with Crippen LogP contribution >= 0.6 is 0 Å². The van der Waals surface area contributed by atoms with E-state index >= 15 is 0 Å². The SMILES string of the molecule is COc1ccc(NC(=O)[C@H](C)OC(=O)c2ccc(OC(C)C)cc2)c([N+](=O)[O-])c1. The van der Waals surface area contributed by atoms with Crippen molar-refractivity contribution in [3.8, 4) is 11.5 Å². The van der Waals surface area contributed by atoms with Crippen molar-refractivity contribution < 1.29 is 28.7 Å². The Labute approximate surface area is 167 Å². The molecule has 0 radical (unpaired) electrons. The number of benzene rings is 2. The third kappa shape index (κ3) is 5.93. The van der Waals surface area contributed by atoms with Gasteiger partial charge in [0.15, 0.2) is 6.10 Å². The van der Waals surface area contributed by atoms with Crippen LogP contribution in [0.15, 0.2) is 42.5 Å². The van der Waals surface area contributed by atoms with E-state index in [2.05, 4.69) is 5.32 Å². The molecule has 2 aromatic rings. The minimum atomic E-state index is -1.17. The van der Waals surface area contributed by atoms with Crippen LogP contribution in [0.2, 0.25) is 0 Å². The lowest BCUT2D eigenvalue weighted by Gasteiger charge is -2.14. The van der Waals surface area contributed by atoms with Gasteiger partial charge in [0.25, 0.3) is 11.6 Å². The molecular weight excluding hydrogens is 380 g/mol. The topological polar surface area (TPSA) is 117 Å². The third-order valence-corrected chi connectivity index (χ3v) is 3.77. The van der Waals surface area contributed by atoms with Gasteiger partial charge >= 0.3 is 5.97 Å². The summed E-state index contributed by atoms with van der Waals surface area (Å²) in [5.41, 5.74) is -0.118. The van der Waals surface area contributed by atoms with Gasteiger partial charge in [-0.1, -0.05) is 0 Å². The van der Waals surface area contributed by atoms with E-state index in [0.717, 1.165) is 0 Å². The van der Waals surface area contributed by atoms with Crippen LogP contribution in [0.1, 0.15) is 31.1 Å². The molecule has 0 aliphatic carbocycles. The highest BCUT2D eigenvalue weighted by Crippen LogP contribution is 2.29. The van der Waals surface area contributed by atoms with Crippen molar-refractivity contribution in [3.05, 3.63) is 58.1 Å². The number of amides is 1. The maximum atomic E-state index is 12.3. The number of hydrogen-bond acceptors (Lipinski definition) is 7. The normalized spacial score (nSPS) is 11.5. The summed E-state index contributed by atoms with van der Waals surface area (Å²) in [6.07, 6.45) is -1.17. The second-order valence-electron chi connectivity index (χ2n) is 6.37. The minimum absolute atomic E-state index is 0.00136. The Bertz CT molecular complexity index is 894. The highest BCUT2D eigenvalue weighted by atomic mass is 16.6. The first-order valence-electron chi connectivity index (χ1n) is 8.82. The Balaban J connectivity index is 2.03. The van der Waals surface area contributed by atoms with Crippen LogP contribution in [0, 0.1) is 10.1 Å². The highest BCUT2D eigenvalue weighted by molar-refractivity contribution is 5.98. The molecule has 2 rings (SSSR count). The molecule has 9 heteroatoms.